The Morgan fingerprint density at radius 2 is 1.79 bits per heavy atom. The molecule has 0 unspecified atom stereocenters. The lowest BCUT2D eigenvalue weighted by molar-refractivity contribution is 0.0209. The molecule has 1 aromatic carbocycles. The van der Waals surface area contributed by atoms with Crippen LogP contribution in [-0.2, 0) is 6.54 Å². The fourth-order valence-corrected chi connectivity index (χ4v) is 4.36. The second-order valence-corrected chi connectivity index (χ2v) is 7.66. The van der Waals surface area contributed by atoms with Gasteiger partial charge in [-0.15, -0.1) is 0 Å². The monoisotopic (exact) mass is 329 g/mol. The van der Waals surface area contributed by atoms with Crippen LogP contribution in [0.1, 0.15) is 45.1 Å². The smallest absolute Gasteiger partial charge is 0.0380 e. The fourth-order valence-electron chi connectivity index (χ4n) is 4.36. The van der Waals surface area contributed by atoms with Gasteiger partial charge in [0.15, 0.2) is 0 Å². The van der Waals surface area contributed by atoms with Crippen molar-refractivity contribution < 1.29 is 0 Å². The van der Waals surface area contributed by atoms with Gasteiger partial charge in [0.05, 0.1) is 0 Å². The molecule has 0 radical (unpaired) electrons. The SMILES string of the molecule is CCCCN1CCN(Cc2ccccc2)[C@H]([C@H](C)N2CCCC2)C1. The molecular weight excluding hydrogens is 294 g/mol. The van der Waals surface area contributed by atoms with Crippen LogP contribution in [0.4, 0.5) is 0 Å². The summed E-state index contributed by atoms with van der Waals surface area (Å²) in [6.45, 7) is 13.4. The van der Waals surface area contributed by atoms with E-state index in [1.165, 1.54) is 70.5 Å². The van der Waals surface area contributed by atoms with Crippen molar-refractivity contribution in [2.75, 3.05) is 39.3 Å². The Morgan fingerprint density at radius 3 is 2.50 bits per heavy atom. The first kappa shape index (κ1) is 17.9. The van der Waals surface area contributed by atoms with Crippen molar-refractivity contribution in [2.24, 2.45) is 0 Å². The van der Waals surface area contributed by atoms with Gasteiger partial charge in [-0.1, -0.05) is 43.7 Å². The molecule has 3 rings (SSSR count). The molecule has 3 nitrogen and oxygen atoms in total. The summed E-state index contributed by atoms with van der Waals surface area (Å²) in [5.74, 6) is 0. The summed E-state index contributed by atoms with van der Waals surface area (Å²) in [7, 11) is 0. The Bertz CT molecular complexity index is 469. The maximum absolute atomic E-state index is 2.75. The minimum absolute atomic E-state index is 0.661. The van der Waals surface area contributed by atoms with Crippen molar-refractivity contribution in [3.05, 3.63) is 35.9 Å². The predicted octanol–water partition coefficient (Wildman–Crippen LogP) is 3.46. The van der Waals surface area contributed by atoms with E-state index in [1.807, 2.05) is 0 Å². The molecule has 0 bridgehead atoms. The second kappa shape index (κ2) is 8.98. The lowest BCUT2D eigenvalue weighted by Gasteiger charge is -2.46. The number of rotatable bonds is 7. The number of unbranched alkanes of at least 4 members (excludes halogenated alkanes) is 1. The summed E-state index contributed by atoms with van der Waals surface area (Å²) >= 11 is 0. The molecule has 0 amide bonds. The highest BCUT2D eigenvalue weighted by atomic mass is 15.3. The lowest BCUT2D eigenvalue weighted by atomic mass is 10.0. The first-order chi connectivity index (χ1) is 11.8. The van der Waals surface area contributed by atoms with Gasteiger partial charge >= 0.3 is 0 Å². The third kappa shape index (κ3) is 4.59. The third-order valence-electron chi connectivity index (χ3n) is 5.95. The number of nitrogens with zero attached hydrogens (tertiary/aromatic N) is 3. The van der Waals surface area contributed by atoms with Crippen LogP contribution in [0.3, 0.4) is 0 Å². The van der Waals surface area contributed by atoms with Gasteiger partial charge in [0.2, 0.25) is 0 Å². The van der Waals surface area contributed by atoms with Gasteiger partial charge in [-0.25, -0.2) is 0 Å². The van der Waals surface area contributed by atoms with Crippen molar-refractivity contribution in [3.8, 4) is 0 Å². The van der Waals surface area contributed by atoms with Gasteiger partial charge in [-0.05, 0) is 51.4 Å². The molecule has 0 spiro atoms. The fraction of sp³-hybridized carbons (Fsp3) is 0.714. The molecule has 3 heteroatoms. The van der Waals surface area contributed by atoms with E-state index >= 15 is 0 Å². The molecule has 2 atom stereocenters. The van der Waals surface area contributed by atoms with Crippen molar-refractivity contribution in [2.45, 2.75) is 58.2 Å². The summed E-state index contributed by atoms with van der Waals surface area (Å²) in [4.78, 5) is 8.19. The maximum Gasteiger partial charge on any atom is 0.0380 e. The number of likely N-dealkylation sites (tertiary alicyclic amines) is 1. The van der Waals surface area contributed by atoms with Crippen molar-refractivity contribution in [1.29, 1.82) is 0 Å². The van der Waals surface area contributed by atoms with E-state index in [2.05, 4.69) is 58.9 Å². The van der Waals surface area contributed by atoms with Gasteiger partial charge in [-0.2, -0.15) is 0 Å². The van der Waals surface area contributed by atoms with Crippen LogP contribution < -0.4 is 0 Å². The number of hydrogen-bond acceptors (Lipinski definition) is 3. The molecule has 0 saturated carbocycles. The van der Waals surface area contributed by atoms with Crippen molar-refractivity contribution >= 4 is 0 Å². The van der Waals surface area contributed by atoms with Crippen LogP contribution >= 0.6 is 0 Å². The topological polar surface area (TPSA) is 9.72 Å². The average Bonchev–Trinajstić information content (AvgIpc) is 3.16. The minimum atomic E-state index is 0.661. The Balaban J connectivity index is 1.67. The molecule has 2 aliphatic heterocycles. The summed E-state index contributed by atoms with van der Waals surface area (Å²) in [5.41, 5.74) is 1.46. The number of hydrogen-bond donors (Lipinski definition) is 0. The molecule has 24 heavy (non-hydrogen) atoms. The van der Waals surface area contributed by atoms with Crippen LogP contribution in [0.5, 0.6) is 0 Å². The van der Waals surface area contributed by atoms with Crippen molar-refractivity contribution in [1.82, 2.24) is 14.7 Å². The van der Waals surface area contributed by atoms with E-state index in [0.29, 0.717) is 12.1 Å². The molecule has 2 saturated heterocycles. The van der Waals surface area contributed by atoms with Gasteiger partial charge in [0, 0.05) is 38.3 Å². The Kier molecular flexibility index (Phi) is 6.70. The number of benzene rings is 1. The predicted molar refractivity (Wildman–Crippen MR) is 102 cm³/mol. The quantitative estimate of drug-likeness (QED) is 0.758. The van der Waals surface area contributed by atoms with Crippen molar-refractivity contribution in [3.63, 3.8) is 0 Å². The molecule has 1 aromatic rings. The molecule has 0 aliphatic carbocycles. The third-order valence-corrected chi connectivity index (χ3v) is 5.95. The van der Waals surface area contributed by atoms with Crippen LogP contribution in [0.25, 0.3) is 0 Å². The van der Waals surface area contributed by atoms with Crippen LogP contribution in [0, 0.1) is 0 Å². The van der Waals surface area contributed by atoms with Crippen LogP contribution in [0.2, 0.25) is 0 Å². The van der Waals surface area contributed by atoms with E-state index < -0.39 is 0 Å². The summed E-state index contributed by atoms with van der Waals surface area (Å²) < 4.78 is 0. The molecule has 0 N–H and O–H groups in total. The second-order valence-electron chi connectivity index (χ2n) is 7.66. The first-order valence-electron chi connectivity index (χ1n) is 10.0. The highest BCUT2D eigenvalue weighted by molar-refractivity contribution is 5.15. The highest BCUT2D eigenvalue weighted by Gasteiger charge is 2.34. The van der Waals surface area contributed by atoms with Gasteiger partial charge in [-0.3, -0.25) is 9.80 Å². The molecular formula is C21H35N3. The highest BCUT2D eigenvalue weighted by Crippen LogP contribution is 2.22. The molecule has 2 aliphatic rings. The zero-order valence-corrected chi connectivity index (χ0v) is 15.7. The summed E-state index contributed by atoms with van der Waals surface area (Å²) in [6, 6.07) is 12.4. The Hall–Kier alpha value is -0.900. The average molecular weight is 330 g/mol. The van der Waals surface area contributed by atoms with E-state index in [1.54, 1.807) is 0 Å². The van der Waals surface area contributed by atoms with E-state index in [4.69, 9.17) is 0 Å². The maximum atomic E-state index is 2.75. The van der Waals surface area contributed by atoms with E-state index in [-0.39, 0.29) is 0 Å². The minimum Gasteiger partial charge on any atom is -0.300 e. The Morgan fingerprint density at radius 1 is 1.04 bits per heavy atom. The zero-order valence-electron chi connectivity index (χ0n) is 15.7. The van der Waals surface area contributed by atoms with Gasteiger partial charge < -0.3 is 4.90 Å². The van der Waals surface area contributed by atoms with E-state index in [0.717, 1.165) is 6.54 Å². The van der Waals surface area contributed by atoms with Gasteiger partial charge in [0.25, 0.3) is 0 Å². The first-order valence-corrected chi connectivity index (χ1v) is 10.0. The Labute approximate surface area is 148 Å². The molecule has 2 heterocycles. The molecule has 134 valence electrons. The molecule has 0 aromatic heterocycles. The summed E-state index contributed by atoms with van der Waals surface area (Å²) in [5, 5.41) is 0. The number of piperazine rings is 1. The van der Waals surface area contributed by atoms with Gasteiger partial charge in [0.1, 0.15) is 0 Å². The lowest BCUT2D eigenvalue weighted by Crippen LogP contribution is -2.60. The summed E-state index contributed by atoms with van der Waals surface area (Å²) in [6.07, 6.45) is 5.41. The van der Waals surface area contributed by atoms with Crippen LogP contribution in [0.15, 0.2) is 30.3 Å². The van der Waals surface area contributed by atoms with Crippen LogP contribution in [-0.4, -0.2) is 66.1 Å². The largest absolute Gasteiger partial charge is 0.300 e. The van der Waals surface area contributed by atoms with E-state index in [9.17, 15) is 0 Å². The zero-order chi connectivity index (χ0) is 16.8. The standard InChI is InChI=1S/C21H35N3/c1-3-4-12-22-15-16-24(17-20-10-6-5-7-11-20)21(18-22)19(2)23-13-8-9-14-23/h5-7,10-11,19,21H,3-4,8-9,12-18H2,1-2H3/t19-,21-/m0/s1. The molecule has 2 fully saturated rings. The normalized spacial score (nSPS) is 25.2.